The van der Waals surface area contributed by atoms with Crippen molar-refractivity contribution < 1.29 is 0 Å². The van der Waals surface area contributed by atoms with Crippen molar-refractivity contribution in [1.29, 1.82) is 0 Å². The maximum Gasteiger partial charge on any atom is 0.0127 e. The molecule has 0 saturated carbocycles. The van der Waals surface area contributed by atoms with Gasteiger partial charge in [-0.3, -0.25) is 4.90 Å². The molecule has 1 aliphatic heterocycles. The van der Waals surface area contributed by atoms with E-state index in [0.29, 0.717) is 5.54 Å². The van der Waals surface area contributed by atoms with Crippen molar-refractivity contribution in [3.05, 3.63) is 0 Å². The molecule has 0 bridgehead atoms. The fraction of sp³-hybridized carbons (Fsp3) is 1.00. The lowest BCUT2D eigenvalue weighted by Gasteiger charge is -2.46. The zero-order valence-corrected chi connectivity index (χ0v) is 9.93. The Morgan fingerprint density at radius 1 is 1.31 bits per heavy atom. The zero-order valence-electron chi connectivity index (χ0n) is 9.93. The van der Waals surface area contributed by atoms with Gasteiger partial charge in [0, 0.05) is 11.6 Å². The first kappa shape index (κ1) is 11.0. The van der Waals surface area contributed by atoms with Gasteiger partial charge >= 0.3 is 0 Å². The van der Waals surface area contributed by atoms with E-state index in [-0.39, 0.29) is 0 Å². The molecular weight excluding hydrogens is 158 g/mol. The molecule has 1 heteroatoms. The Labute approximate surface area is 83.5 Å². The van der Waals surface area contributed by atoms with Crippen LogP contribution in [0.4, 0.5) is 0 Å². The minimum absolute atomic E-state index is 0.354. The average molecular weight is 183 g/mol. The molecule has 0 spiro atoms. The summed E-state index contributed by atoms with van der Waals surface area (Å²) in [6, 6.07) is 0.777. The number of piperidine rings is 1. The number of rotatable bonds is 1. The second-order valence-electron chi connectivity index (χ2n) is 5.42. The SMILES string of the molecule is CCC1CCCN(C(C)(C)C)C1C. The van der Waals surface area contributed by atoms with E-state index in [0.717, 1.165) is 12.0 Å². The normalized spacial score (nSPS) is 32.1. The van der Waals surface area contributed by atoms with Crippen LogP contribution in [-0.2, 0) is 0 Å². The summed E-state index contributed by atoms with van der Waals surface area (Å²) >= 11 is 0. The second kappa shape index (κ2) is 4.00. The lowest BCUT2D eigenvalue weighted by molar-refractivity contribution is 0.0239. The molecule has 1 fully saturated rings. The molecule has 0 aromatic carbocycles. The van der Waals surface area contributed by atoms with Crippen LogP contribution in [0, 0.1) is 5.92 Å². The summed E-state index contributed by atoms with van der Waals surface area (Å²) in [5, 5.41) is 0. The number of likely N-dealkylation sites (tertiary alicyclic amines) is 1. The number of nitrogens with zero attached hydrogens (tertiary/aromatic N) is 1. The van der Waals surface area contributed by atoms with Crippen molar-refractivity contribution in [3.63, 3.8) is 0 Å². The molecule has 0 aromatic heterocycles. The molecule has 1 rings (SSSR count). The molecule has 1 saturated heterocycles. The Morgan fingerprint density at radius 3 is 2.38 bits per heavy atom. The third kappa shape index (κ3) is 2.46. The molecule has 1 aliphatic rings. The largest absolute Gasteiger partial charge is 0.296 e. The molecular formula is C12H25N. The van der Waals surface area contributed by atoms with E-state index in [1.54, 1.807) is 0 Å². The van der Waals surface area contributed by atoms with E-state index >= 15 is 0 Å². The Bertz CT molecular complexity index is 157. The molecule has 78 valence electrons. The quantitative estimate of drug-likeness (QED) is 0.603. The van der Waals surface area contributed by atoms with Crippen LogP contribution < -0.4 is 0 Å². The summed E-state index contributed by atoms with van der Waals surface area (Å²) in [6.07, 6.45) is 4.16. The van der Waals surface area contributed by atoms with Gasteiger partial charge in [0.1, 0.15) is 0 Å². The smallest absolute Gasteiger partial charge is 0.0127 e. The lowest BCUT2D eigenvalue weighted by Crippen LogP contribution is -2.52. The Balaban J connectivity index is 2.65. The van der Waals surface area contributed by atoms with Gasteiger partial charge in [-0.15, -0.1) is 0 Å². The maximum absolute atomic E-state index is 2.67. The van der Waals surface area contributed by atoms with Gasteiger partial charge in [-0.1, -0.05) is 13.3 Å². The third-order valence-corrected chi connectivity index (χ3v) is 3.53. The molecule has 0 radical (unpaired) electrons. The molecule has 0 aromatic rings. The van der Waals surface area contributed by atoms with E-state index in [1.807, 2.05) is 0 Å². The van der Waals surface area contributed by atoms with Gasteiger partial charge in [-0.25, -0.2) is 0 Å². The van der Waals surface area contributed by atoms with Crippen molar-refractivity contribution in [2.45, 2.75) is 65.5 Å². The van der Waals surface area contributed by atoms with Crippen molar-refractivity contribution in [2.24, 2.45) is 5.92 Å². The van der Waals surface area contributed by atoms with Crippen molar-refractivity contribution in [3.8, 4) is 0 Å². The van der Waals surface area contributed by atoms with Gasteiger partial charge in [0.05, 0.1) is 0 Å². The van der Waals surface area contributed by atoms with Gasteiger partial charge in [0.15, 0.2) is 0 Å². The summed E-state index contributed by atoms with van der Waals surface area (Å²) < 4.78 is 0. The average Bonchev–Trinajstić information content (AvgIpc) is 2.02. The zero-order chi connectivity index (χ0) is 10.1. The summed E-state index contributed by atoms with van der Waals surface area (Å²) in [4.78, 5) is 2.67. The van der Waals surface area contributed by atoms with Crippen LogP contribution in [0.1, 0.15) is 53.9 Å². The first-order valence-electron chi connectivity index (χ1n) is 5.73. The van der Waals surface area contributed by atoms with Crippen molar-refractivity contribution in [2.75, 3.05) is 6.54 Å². The highest BCUT2D eigenvalue weighted by Crippen LogP contribution is 2.30. The van der Waals surface area contributed by atoms with Gasteiger partial charge in [-0.05, 0) is 53.0 Å². The van der Waals surface area contributed by atoms with Crippen molar-refractivity contribution >= 4 is 0 Å². The number of hydrogen-bond donors (Lipinski definition) is 0. The van der Waals surface area contributed by atoms with E-state index in [4.69, 9.17) is 0 Å². The van der Waals surface area contributed by atoms with Gasteiger partial charge < -0.3 is 0 Å². The van der Waals surface area contributed by atoms with Gasteiger partial charge in [0.2, 0.25) is 0 Å². The highest BCUT2D eigenvalue weighted by atomic mass is 15.2. The molecule has 1 nitrogen and oxygen atoms in total. The Hall–Kier alpha value is -0.0400. The van der Waals surface area contributed by atoms with Crippen LogP contribution in [0.25, 0.3) is 0 Å². The molecule has 0 aliphatic carbocycles. The maximum atomic E-state index is 2.67. The lowest BCUT2D eigenvalue weighted by atomic mass is 9.85. The first-order chi connectivity index (χ1) is 5.96. The molecule has 0 amide bonds. The topological polar surface area (TPSA) is 3.24 Å². The Kier molecular flexibility index (Phi) is 3.39. The third-order valence-electron chi connectivity index (χ3n) is 3.53. The molecule has 2 unspecified atom stereocenters. The Morgan fingerprint density at radius 2 is 1.92 bits per heavy atom. The molecule has 1 heterocycles. The van der Waals surface area contributed by atoms with E-state index < -0.39 is 0 Å². The van der Waals surface area contributed by atoms with Crippen molar-refractivity contribution in [1.82, 2.24) is 4.90 Å². The van der Waals surface area contributed by atoms with E-state index in [2.05, 4.69) is 39.5 Å². The van der Waals surface area contributed by atoms with Crippen LogP contribution in [0.3, 0.4) is 0 Å². The van der Waals surface area contributed by atoms with Gasteiger partial charge in [-0.2, -0.15) is 0 Å². The minimum atomic E-state index is 0.354. The van der Waals surface area contributed by atoms with E-state index in [1.165, 1.54) is 25.8 Å². The van der Waals surface area contributed by atoms with Crippen LogP contribution in [0.5, 0.6) is 0 Å². The predicted octanol–water partition coefficient (Wildman–Crippen LogP) is 3.30. The molecule has 13 heavy (non-hydrogen) atoms. The second-order valence-corrected chi connectivity index (χ2v) is 5.42. The predicted molar refractivity (Wildman–Crippen MR) is 58.9 cm³/mol. The fourth-order valence-corrected chi connectivity index (χ4v) is 2.71. The van der Waals surface area contributed by atoms with Crippen LogP contribution in [0.15, 0.2) is 0 Å². The molecule has 0 N–H and O–H groups in total. The molecule has 2 atom stereocenters. The van der Waals surface area contributed by atoms with Crippen LogP contribution in [0.2, 0.25) is 0 Å². The monoisotopic (exact) mass is 183 g/mol. The number of hydrogen-bond acceptors (Lipinski definition) is 1. The summed E-state index contributed by atoms with van der Waals surface area (Å²) in [7, 11) is 0. The summed E-state index contributed by atoms with van der Waals surface area (Å²) in [6.45, 7) is 13.0. The highest BCUT2D eigenvalue weighted by molar-refractivity contribution is 4.87. The highest BCUT2D eigenvalue weighted by Gasteiger charge is 2.32. The van der Waals surface area contributed by atoms with Gasteiger partial charge in [0.25, 0.3) is 0 Å². The minimum Gasteiger partial charge on any atom is -0.296 e. The summed E-state index contributed by atoms with van der Waals surface area (Å²) in [5.74, 6) is 0.924. The van der Waals surface area contributed by atoms with Crippen LogP contribution in [-0.4, -0.2) is 23.0 Å². The standard InChI is InChI=1S/C12H25N/c1-6-11-8-7-9-13(10(11)2)12(3,4)5/h10-11H,6-9H2,1-5H3. The fourth-order valence-electron chi connectivity index (χ4n) is 2.71. The first-order valence-corrected chi connectivity index (χ1v) is 5.73. The van der Waals surface area contributed by atoms with E-state index in [9.17, 15) is 0 Å². The van der Waals surface area contributed by atoms with Crippen LogP contribution >= 0.6 is 0 Å². The summed E-state index contributed by atoms with van der Waals surface area (Å²) in [5.41, 5.74) is 0.354.